The van der Waals surface area contributed by atoms with Crippen molar-refractivity contribution < 1.29 is 4.74 Å². The predicted octanol–water partition coefficient (Wildman–Crippen LogP) is 5.23. The maximum atomic E-state index is 5.91. The molecule has 0 aliphatic rings. The van der Waals surface area contributed by atoms with Crippen molar-refractivity contribution in [2.75, 3.05) is 17.3 Å². The van der Waals surface area contributed by atoms with Crippen molar-refractivity contribution in [3.05, 3.63) is 35.4 Å². The number of ether oxygens (including phenoxy) is 1. The molecule has 0 fully saturated rings. The Morgan fingerprint density at radius 2 is 1.63 bits per heavy atom. The van der Waals surface area contributed by atoms with Crippen molar-refractivity contribution in [2.45, 2.75) is 45.1 Å². The zero-order chi connectivity index (χ0) is 14.5. The fourth-order valence-corrected chi connectivity index (χ4v) is 4.26. The molecule has 0 bridgehead atoms. The van der Waals surface area contributed by atoms with Gasteiger partial charge in [-0.15, -0.1) is 0 Å². The van der Waals surface area contributed by atoms with Gasteiger partial charge in [-0.05, 0) is 45.2 Å². The van der Waals surface area contributed by atoms with Crippen molar-refractivity contribution in [3.63, 3.8) is 0 Å². The summed E-state index contributed by atoms with van der Waals surface area (Å²) in [7, 11) is 0. The lowest BCUT2D eigenvalue weighted by Gasteiger charge is -2.33. The summed E-state index contributed by atoms with van der Waals surface area (Å²) >= 11 is 7.40. The monoisotopic (exact) mass is 390 g/mol. The Morgan fingerprint density at radius 3 is 2.11 bits per heavy atom. The van der Waals surface area contributed by atoms with Gasteiger partial charge >= 0.3 is 0 Å². The Kier molecular flexibility index (Phi) is 6.55. The molecule has 1 aromatic rings. The van der Waals surface area contributed by atoms with Gasteiger partial charge in [-0.25, -0.2) is 0 Å². The van der Waals surface area contributed by atoms with E-state index in [0.717, 1.165) is 23.7 Å². The molecule has 0 saturated carbocycles. The van der Waals surface area contributed by atoms with Crippen LogP contribution in [-0.2, 0) is 10.2 Å². The third kappa shape index (κ3) is 4.87. The van der Waals surface area contributed by atoms with Crippen molar-refractivity contribution in [1.29, 1.82) is 0 Å². The van der Waals surface area contributed by atoms with E-state index in [4.69, 9.17) is 4.74 Å². The first-order valence-corrected chi connectivity index (χ1v) is 8.91. The van der Waals surface area contributed by atoms with Crippen LogP contribution >= 0.6 is 31.9 Å². The lowest BCUT2D eigenvalue weighted by Crippen LogP contribution is -2.34. The smallest absolute Gasteiger partial charge is 0.0598 e. The van der Waals surface area contributed by atoms with Crippen molar-refractivity contribution >= 4 is 31.9 Å². The first-order valence-electron chi connectivity index (χ1n) is 6.67. The highest BCUT2D eigenvalue weighted by Crippen LogP contribution is 2.34. The van der Waals surface area contributed by atoms with Crippen molar-refractivity contribution in [3.8, 4) is 0 Å². The Balaban J connectivity index is 2.89. The minimum absolute atomic E-state index is 0.0733. The summed E-state index contributed by atoms with van der Waals surface area (Å²) in [6.07, 6.45) is 1.01. The summed E-state index contributed by atoms with van der Waals surface area (Å²) in [6, 6.07) is 8.62. The number of benzene rings is 1. The molecule has 0 N–H and O–H groups in total. The summed E-state index contributed by atoms with van der Waals surface area (Å²) < 4.78 is 5.91. The highest BCUT2D eigenvalue weighted by molar-refractivity contribution is 9.09. The van der Waals surface area contributed by atoms with E-state index in [1.807, 2.05) is 0 Å². The van der Waals surface area contributed by atoms with Crippen LogP contribution in [0.4, 0.5) is 0 Å². The van der Waals surface area contributed by atoms with Gasteiger partial charge in [-0.1, -0.05) is 56.1 Å². The van der Waals surface area contributed by atoms with Crippen LogP contribution in [0.25, 0.3) is 0 Å². The lowest BCUT2D eigenvalue weighted by molar-refractivity contribution is -0.00942. The Morgan fingerprint density at radius 1 is 1.05 bits per heavy atom. The van der Waals surface area contributed by atoms with Gasteiger partial charge in [0.05, 0.1) is 5.60 Å². The third-order valence-electron chi connectivity index (χ3n) is 3.34. The first kappa shape index (κ1) is 17.2. The molecule has 1 nitrogen and oxygen atoms in total. The molecular weight excluding hydrogens is 368 g/mol. The molecule has 0 heterocycles. The van der Waals surface area contributed by atoms with E-state index < -0.39 is 0 Å². The zero-order valence-corrected chi connectivity index (χ0v) is 15.5. The molecule has 0 spiro atoms. The van der Waals surface area contributed by atoms with E-state index in [1.54, 1.807) is 0 Å². The Labute approximate surface area is 134 Å². The van der Waals surface area contributed by atoms with E-state index in [9.17, 15) is 0 Å². The molecule has 1 rings (SSSR count). The normalized spacial score (nSPS) is 12.7. The van der Waals surface area contributed by atoms with Gasteiger partial charge in [0, 0.05) is 22.7 Å². The van der Waals surface area contributed by atoms with Crippen molar-refractivity contribution in [2.24, 2.45) is 0 Å². The fourth-order valence-electron chi connectivity index (χ4n) is 2.17. The van der Waals surface area contributed by atoms with Crippen LogP contribution < -0.4 is 0 Å². The minimum Gasteiger partial charge on any atom is -0.376 e. The second kappa shape index (κ2) is 7.24. The standard InChI is InChI=1S/C16H24Br2O/c1-13-7-5-6-8-14(13)16(11-17,12-18)9-10-19-15(2,3)4/h5-8H,9-12H2,1-4H3. The number of hydrogen-bond donors (Lipinski definition) is 0. The summed E-state index contributed by atoms with van der Waals surface area (Å²) in [6.45, 7) is 9.26. The van der Waals surface area contributed by atoms with Crippen LogP contribution in [0.3, 0.4) is 0 Å². The van der Waals surface area contributed by atoms with E-state index >= 15 is 0 Å². The number of hydrogen-bond acceptors (Lipinski definition) is 1. The topological polar surface area (TPSA) is 9.23 Å². The second-order valence-electron chi connectivity index (χ2n) is 6.07. The molecule has 0 saturated heterocycles. The van der Waals surface area contributed by atoms with E-state index in [-0.39, 0.29) is 11.0 Å². The largest absolute Gasteiger partial charge is 0.376 e. The number of halogens is 2. The summed E-state index contributed by atoms with van der Waals surface area (Å²) in [5.41, 5.74) is 2.77. The summed E-state index contributed by atoms with van der Waals surface area (Å²) in [5, 5.41) is 1.87. The van der Waals surface area contributed by atoms with Gasteiger partial charge < -0.3 is 4.74 Å². The average Bonchev–Trinajstić information content (AvgIpc) is 2.35. The van der Waals surface area contributed by atoms with Crippen LogP contribution in [-0.4, -0.2) is 22.9 Å². The number of rotatable bonds is 6. The van der Waals surface area contributed by atoms with E-state index in [0.29, 0.717) is 0 Å². The van der Waals surface area contributed by atoms with Gasteiger partial charge in [0.2, 0.25) is 0 Å². The molecule has 0 aromatic heterocycles. The van der Waals surface area contributed by atoms with Gasteiger partial charge in [0.1, 0.15) is 0 Å². The average molecular weight is 392 g/mol. The summed E-state index contributed by atoms with van der Waals surface area (Å²) in [4.78, 5) is 0. The minimum atomic E-state index is -0.0733. The molecule has 0 atom stereocenters. The zero-order valence-electron chi connectivity index (χ0n) is 12.3. The predicted molar refractivity (Wildman–Crippen MR) is 90.8 cm³/mol. The molecule has 108 valence electrons. The molecule has 0 aliphatic carbocycles. The van der Waals surface area contributed by atoms with Crippen molar-refractivity contribution in [1.82, 2.24) is 0 Å². The number of alkyl halides is 2. The van der Waals surface area contributed by atoms with E-state index in [1.165, 1.54) is 11.1 Å². The third-order valence-corrected chi connectivity index (χ3v) is 5.49. The molecule has 1 aromatic carbocycles. The SMILES string of the molecule is Cc1ccccc1C(CBr)(CBr)CCOC(C)(C)C. The fraction of sp³-hybridized carbons (Fsp3) is 0.625. The molecular formula is C16H24Br2O. The van der Waals surface area contributed by atoms with Crippen LogP contribution in [0, 0.1) is 6.92 Å². The molecule has 19 heavy (non-hydrogen) atoms. The van der Waals surface area contributed by atoms with Crippen LogP contribution in [0.15, 0.2) is 24.3 Å². The van der Waals surface area contributed by atoms with Crippen LogP contribution in [0.2, 0.25) is 0 Å². The van der Waals surface area contributed by atoms with Gasteiger partial charge in [-0.3, -0.25) is 0 Å². The van der Waals surface area contributed by atoms with Gasteiger partial charge in [0.25, 0.3) is 0 Å². The lowest BCUT2D eigenvalue weighted by atomic mass is 9.79. The maximum absolute atomic E-state index is 5.91. The highest BCUT2D eigenvalue weighted by Gasteiger charge is 2.31. The second-order valence-corrected chi connectivity index (χ2v) is 7.19. The molecule has 0 radical (unpaired) electrons. The first-order chi connectivity index (χ1) is 8.84. The maximum Gasteiger partial charge on any atom is 0.0598 e. The quantitative estimate of drug-likeness (QED) is 0.603. The summed E-state index contributed by atoms with van der Waals surface area (Å²) in [5.74, 6) is 0. The Bertz CT molecular complexity index is 392. The molecule has 0 aliphatic heterocycles. The molecule has 3 heteroatoms. The van der Waals surface area contributed by atoms with Crippen LogP contribution in [0.1, 0.15) is 38.3 Å². The molecule has 0 amide bonds. The number of aryl methyl sites for hydroxylation is 1. The van der Waals surface area contributed by atoms with Crippen LogP contribution in [0.5, 0.6) is 0 Å². The van der Waals surface area contributed by atoms with Gasteiger partial charge in [0.15, 0.2) is 0 Å². The molecule has 0 unspecified atom stereocenters. The van der Waals surface area contributed by atoms with Gasteiger partial charge in [-0.2, -0.15) is 0 Å². The Hall–Kier alpha value is 0.140. The highest BCUT2D eigenvalue weighted by atomic mass is 79.9. The van der Waals surface area contributed by atoms with E-state index in [2.05, 4.69) is 83.8 Å².